The highest BCUT2D eigenvalue weighted by Crippen LogP contribution is 2.33. The van der Waals surface area contributed by atoms with E-state index in [9.17, 15) is 9.90 Å². The predicted octanol–water partition coefficient (Wildman–Crippen LogP) is 3.65. The van der Waals surface area contributed by atoms with Gasteiger partial charge in [-0.05, 0) is 50.8 Å². The van der Waals surface area contributed by atoms with Crippen molar-refractivity contribution in [2.75, 3.05) is 13.2 Å². The minimum atomic E-state index is -0.0281. The first-order valence-corrected chi connectivity index (χ1v) is 8.40. The third-order valence-corrected chi connectivity index (χ3v) is 6.45. The highest BCUT2D eigenvalue weighted by molar-refractivity contribution is 9.13. The summed E-state index contributed by atoms with van der Waals surface area (Å²) in [4.78, 5) is 15.0. The molecule has 3 nitrogen and oxygen atoms in total. The van der Waals surface area contributed by atoms with E-state index in [-0.39, 0.29) is 18.6 Å². The van der Waals surface area contributed by atoms with Crippen LogP contribution in [0.15, 0.2) is 14.3 Å². The normalized spacial score (nSPS) is 20.8. The van der Waals surface area contributed by atoms with Crippen LogP contribution in [0.5, 0.6) is 0 Å². The summed E-state index contributed by atoms with van der Waals surface area (Å²) < 4.78 is 1.84. The Balaban J connectivity index is 2.19. The molecule has 2 rings (SSSR count). The van der Waals surface area contributed by atoms with Crippen molar-refractivity contribution in [3.63, 3.8) is 0 Å². The third kappa shape index (κ3) is 3.15. The minimum Gasteiger partial charge on any atom is -0.394 e. The van der Waals surface area contributed by atoms with Crippen LogP contribution in [0.2, 0.25) is 0 Å². The molecule has 1 saturated heterocycles. The molecule has 1 aliphatic heterocycles. The number of nitrogens with zero attached hydrogens (tertiary/aromatic N) is 1. The van der Waals surface area contributed by atoms with Crippen molar-refractivity contribution in [3.05, 3.63) is 19.2 Å². The van der Waals surface area contributed by atoms with Crippen molar-refractivity contribution in [1.82, 2.24) is 4.90 Å². The number of hydrogen-bond donors (Lipinski definition) is 1. The van der Waals surface area contributed by atoms with E-state index < -0.39 is 0 Å². The molecule has 1 unspecified atom stereocenters. The maximum absolute atomic E-state index is 12.5. The van der Waals surface area contributed by atoms with Crippen LogP contribution in [0.25, 0.3) is 0 Å². The van der Waals surface area contributed by atoms with Gasteiger partial charge in [-0.2, -0.15) is 0 Å². The molecule has 1 aromatic rings. The van der Waals surface area contributed by atoms with E-state index in [0.29, 0.717) is 4.88 Å². The molecule has 1 amide bonds. The van der Waals surface area contributed by atoms with E-state index in [2.05, 4.69) is 31.9 Å². The van der Waals surface area contributed by atoms with Crippen LogP contribution in [0.3, 0.4) is 0 Å². The lowest BCUT2D eigenvalue weighted by Crippen LogP contribution is -2.41. The second kappa shape index (κ2) is 6.50. The molecular formula is C12H15Br2NO2S. The summed E-state index contributed by atoms with van der Waals surface area (Å²) in [5.74, 6) is 0.0346. The van der Waals surface area contributed by atoms with Crippen molar-refractivity contribution in [2.24, 2.45) is 0 Å². The molecule has 0 radical (unpaired) electrons. The summed E-state index contributed by atoms with van der Waals surface area (Å²) in [6.45, 7) is 0.802. The fourth-order valence-corrected chi connectivity index (χ4v) is 4.22. The van der Waals surface area contributed by atoms with Gasteiger partial charge in [-0.25, -0.2) is 0 Å². The number of aliphatic hydroxyl groups excluding tert-OH is 1. The van der Waals surface area contributed by atoms with Gasteiger partial charge in [0.25, 0.3) is 5.91 Å². The van der Waals surface area contributed by atoms with E-state index in [1.165, 1.54) is 11.3 Å². The summed E-state index contributed by atoms with van der Waals surface area (Å²) in [6.07, 6.45) is 4.15. The van der Waals surface area contributed by atoms with E-state index in [0.717, 1.165) is 40.5 Å². The average Bonchev–Trinajstić information content (AvgIpc) is 2.58. The zero-order chi connectivity index (χ0) is 13.1. The Morgan fingerprint density at radius 1 is 1.44 bits per heavy atom. The van der Waals surface area contributed by atoms with E-state index >= 15 is 0 Å². The fraction of sp³-hybridized carbons (Fsp3) is 0.583. The second-order valence-electron chi connectivity index (χ2n) is 4.42. The summed E-state index contributed by atoms with van der Waals surface area (Å²) in [7, 11) is 0. The SMILES string of the molecule is O=C(c1cc(Br)c(Br)s1)N1CCCCCC1CO. The van der Waals surface area contributed by atoms with Gasteiger partial charge in [-0.1, -0.05) is 12.8 Å². The molecule has 1 atom stereocenters. The van der Waals surface area contributed by atoms with Gasteiger partial charge in [0.2, 0.25) is 0 Å². The first kappa shape index (κ1) is 14.5. The summed E-state index contributed by atoms with van der Waals surface area (Å²) >= 11 is 8.24. The van der Waals surface area contributed by atoms with Gasteiger partial charge < -0.3 is 10.0 Å². The number of amides is 1. The predicted molar refractivity (Wildman–Crippen MR) is 80.1 cm³/mol. The Morgan fingerprint density at radius 3 is 2.83 bits per heavy atom. The van der Waals surface area contributed by atoms with Crippen LogP contribution < -0.4 is 0 Å². The van der Waals surface area contributed by atoms with E-state index in [4.69, 9.17) is 0 Å². The Bertz CT molecular complexity index is 416. The highest BCUT2D eigenvalue weighted by atomic mass is 79.9. The Morgan fingerprint density at radius 2 is 2.22 bits per heavy atom. The maximum Gasteiger partial charge on any atom is 0.264 e. The topological polar surface area (TPSA) is 40.5 Å². The second-order valence-corrected chi connectivity index (χ2v) is 7.64. The zero-order valence-corrected chi connectivity index (χ0v) is 13.9. The summed E-state index contributed by atoms with van der Waals surface area (Å²) in [5, 5.41) is 9.43. The number of rotatable bonds is 2. The number of hydrogen-bond acceptors (Lipinski definition) is 3. The van der Waals surface area contributed by atoms with Gasteiger partial charge in [0.1, 0.15) is 0 Å². The van der Waals surface area contributed by atoms with Gasteiger partial charge in [0.05, 0.1) is 21.3 Å². The minimum absolute atomic E-state index is 0.0281. The largest absolute Gasteiger partial charge is 0.394 e. The summed E-state index contributed by atoms with van der Waals surface area (Å²) in [6, 6.07) is 1.82. The fourth-order valence-electron chi connectivity index (χ4n) is 2.23. The molecule has 0 aromatic carbocycles. The van der Waals surface area contributed by atoms with Gasteiger partial charge in [-0.15, -0.1) is 11.3 Å². The Kier molecular flexibility index (Phi) is 5.24. The number of carbonyl (C=O) groups is 1. The van der Waals surface area contributed by atoms with Crippen LogP contribution in [-0.4, -0.2) is 35.1 Å². The van der Waals surface area contributed by atoms with Gasteiger partial charge >= 0.3 is 0 Å². The van der Waals surface area contributed by atoms with Crippen molar-refractivity contribution in [2.45, 2.75) is 31.7 Å². The highest BCUT2D eigenvalue weighted by Gasteiger charge is 2.27. The third-order valence-electron chi connectivity index (χ3n) is 3.20. The van der Waals surface area contributed by atoms with E-state index in [1.54, 1.807) is 0 Å². The number of thiophene rings is 1. The van der Waals surface area contributed by atoms with Crippen molar-refractivity contribution in [1.29, 1.82) is 0 Å². The average molecular weight is 397 g/mol. The molecule has 0 bridgehead atoms. The van der Waals surface area contributed by atoms with Crippen LogP contribution in [0, 0.1) is 0 Å². The van der Waals surface area contributed by atoms with Crippen molar-refractivity contribution >= 4 is 49.1 Å². The molecule has 0 saturated carbocycles. The smallest absolute Gasteiger partial charge is 0.264 e. The lowest BCUT2D eigenvalue weighted by molar-refractivity contribution is 0.0604. The van der Waals surface area contributed by atoms with Gasteiger partial charge in [0.15, 0.2) is 0 Å². The molecular weight excluding hydrogens is 382 g/mol. The van der Waals surface area contributed by atoms with Crippen molar-refractivity contribution in [3.8, 4) is 0 Å². The molecule has 6 heteroatoms. The molecule has 2 heterocycles. The lowest BCUT2D eigenvalue weighted by atomic mass is 10.1. The number of aliphatic hydroxyl groups is 1. The van der Waals surface area contributed by atoms with Crippen molar-refractivity contribution < 1.29 is 9.90 Å². The van der Waals surface area contributed by atoms with Crippen LogP contribution >= 0.6 is 43.2 Å². The summed E-state index contributed by atoms with van der Waals surface area (Å²) in [5.41, 5.74) is 0. The molecule has 100 valence electrons. The Labute approximate surface area is 127 Å². The molecule has 1 N–H and O–H groups in total. The van der Waals surface area contributed by atoms with Crippen LogP contribution in [0.1, 0.15) is 35.4 Å². The van der Waals surface area contributed by atoms with Gasteiger partial charge in [0, 0.05) is 11.0 Å². The Hall–Kier alpha value is 0.0900. The molecule has 0 aliphatic carbocycles. The first-order valence-electron chi connectivity index (χ1n) is 6.00. The maximum atomic E-state index is 12.5. The quantitative estimate of drug-likeness (QED) is 0.828. The molecule has 1 aliphatic rings. The van der Waals surface area contributed by atoms with Crippen LogP contribution in [0.4, 0.5) is 0 Å². The first-order chi connectivity index (χ1) is 8.63. The van der Waals surface area contributed by atoms with Crippen LogP contribution in [-0.2, 0) is 0 Å². The van der Waals surface area contributed by atoms with E-state index in [1.807, 2.05) is 11.0 Å². The molecule has 1 aromatic heterocycles. The standard InChI is InChI=1S/C12H15Br2NO2S/c13-9-6-10(18-11(9)14)12(17)15-5-3-1-2-4-8(15)7-16/h6,8,16H,1-5,7H2. The lowest BCUT2D eigenvalue weighted by Gasteiger charge is -2.28. The molecule has 0 spiro atoms. The molecule has 1 fully saturated rings. The number of carbonyl (C=O) groups excluding carboxylic acids is 1. The number of likely N-dealkylation sites (tertiary alicyclic amines) is 1. The zero-order valence-electron chi connectivity index (χ0n) is 9.86. The number of halogens is 2. The van der Waals surface area contributed by atoms with Gasteiger partial charge in [-0.3, -0.25) is 4.79 Å². The molecule has 18 heavy (non-hydrogen) atoms. The monoisotopic (exact) mass is 395 g/mol.